The maximum atomic E-state index is 13.7. The smallest absolute Gasteiger partial charge is 0.377 e. The summed E-state index contributed by atoms with van der Waals surface area (Å²) in [5, 5.41) is 3.34. The van der Waals surface area contributed by atoms with Crippen LogP contribution in [-0.4, -0.2) is 28.7 Å². The van der Waals surface area contributed by atoms with Gasteiger partial charge in [0.25, 0.3) is 5.91 Å². The summed E-state index contributed by atoms with van der Waals surface area (Å²) in [6.45, 7) is 0. The third-order valence-corrected chi connectivity index (χ3v) is 5.58. The molecule has 1 amide bonds. The molecule has 0 bridgehead atoms. The first-order valence-corrected chi connectivity index (χ1v) is 10.1. The van der Waals surface area contributed by atoms with Crippen LogP contribution >= 0.6 is 15.9 Å². The number of rotatable bonds is 4. The van der Waals surface area contributed by atoms with Crippen LogP contribution in [0, 0.1) is 0 Å². The number of ether oxygens (including phenoxy) is 1. The average molecular weight is 492 g/mol. The first-order valence-electron chi connectivity index (χ1n) is 9.35. The molecule has 0 fully saturated rings. The Balaban J connectivity index is 1.70. The number of anilines is 1. The molecule has 4 rings (SSSR count). The van der Waals surface area contributed by atoms with E-state index in [1.807, 2.05) is 0 Å². The Kier molecular flexibility index (Phi) is 5.72. The summed E-state index contributed by atoms with van der Waals surface area (Å²) in [7, 11) is 1.50. The summed E-state index contributed by atoms with van der Waals surface area (Å²) in [6, 6.07) is 13.1. The number of hydrogen-bond acceptors (Lipinski definition) is 3. The summed E-state index contributed by atoms with van der Waals surface area (Å²) in [5.41, 5.74) is 1.20. The topological polar surface area (TPSA) is 56.1 Å². The minimum Gasteiger partial charge on any atom is -0.377 e. The molecule has 2 aromatic carbocycles. The average Bonchev–Trinajstić information content (AvgIpc) is 3.14. The van der Waals surface area contributed by atoms with Crippen molar-refractivity contribution in [2.45, 2.75) is 18.7 Å². The van der Waals surface area contributed by atoms with E-state index in [1.54, 1.807) is 48.6 Å². The maximum Gasteiger partial charge on any atom is 0.450 e. The molecule has 0 saturated heterocycles. The van der Waals surface area contributed by atoms with Crippen LogP contribution in [0.25, 0.3) is 17.8 Å². The number of imidazole rings is 1. The second-order valence-electron chi connectivity index (χ2n) is 6.90. The molecule has 1 atom stereocenters. The van der Waals surface area contributed by atoms with Crippen LogP contribution in [0.5, 0.6) is 0 Å². The highest BCUT2D eigenvalue weighted by Crippen LogP contribution is 2.28. The molecule has 31 heavy (non-hydrogen) atoms. The normalized spacial score (nSPS) is 15.6. The molecular formula is C22H17BrF3N3O2. The van der Waals surface area contributed by atoms with Gasteiger partial charge in [0.05, 0.1) is 22.4 Å². The van der Waals surface area contributed by atoms with Gasteiger partial charge in [-0.1, -0.05) is 18.2 Å². The van der Waals surface area contributed by atoms with Gasteiger partial charge in [-0.2, -0.15) is 13.2 Å². The van der Waals surface area contributed by atoms with E-state index in [0.717, 1.165) is 4.57 Å². The van der Waals surface area contributed by atoms with E-state index in [9.17, 15) is 18.0 Å². The van der Waals surface area contributed by atoms with Crippen LogP contribution < -0.4 is 16.0 Å². The zero-order chi connectivity index (χ0) is 22.2. The van der Waals surface area contributed by atoms with Crippen LogP contribution in [0.4, 0.5) is 18.9 Å². The number of carbonyl (C=O) groups excluding carboxylic acids is 1. The van der Waals surface area contributed by atoms with Crippen LogP contribution in [-0.2, 0) is 10.9 Å². The molecule has 1 heterocycles. The number of amides is 1. The Morgan fingerprint density at radius 2 is 1.90 bits per heavy atom. The number of fused-ring (bicyclic) bond motifs is 1. The molecule has 5 nitrogen and oxygen atoms in total. The predicted octanol–water partition coefficient (Wildman–Crippen LogP) is 3.89. The number of alkyl halides is 3. The highest BCUT2D eigenvalue weighted by atomic mass is 79.9. The zero-order valence-corrected chi connectivity index (χ0v) is 17.9. The van der Waals surface area contributed by atoms with Crippen molar-refractivity contribution in [1.29, 1.82) is 0 Å². The van der Waals surface area contributed by atoms with E-state index in [4.69, 9.17) is 4.74 Å². The van der Waals surface area contributed by atoms with Gasteiger partial charge in [-0.25, -0.2) is 4.98 Å². The Morgan fingerprint density at radius 3 is 2.55 bits per heavy atom. The number of aromatic nitrogens is 2. The molecule has 0 spiro atoms. The fraction of sp³-hybridized carbons (Fsp3) is 0.182. The molecule has 0 aliphatic heterocycles. The molecule has 1 N–H and O–H groups in total. The van der Waals surface area contributed by atoms with Gasteiger partial charge in [-0.05, 0) is 64.8 Å². The summed E-state index contributed by atoms with van der Waals surface area (Å²) in [6.07, 6.45) is -1.21. The Morgan fingerprint density at radius 1 is 1.19 bits per heavy atom. The second kappa shape index (κ2) is 8.32. The molecule has 160 valence electrons. The van der Waals surface area contributed by atoms with Crippen molar-refractivity contribution in [2.24, 2.45) is 0 Å². The van der Waals surface area contributed by atoms with Crippen molar-refractivity contribution in [3.8, 4) is 5.69 Å². The standard InChI is InChI=1S/C22H17BrF3N3O2/c1-31-15-10-11-19-18(12-15)28-21(22(24,25)26)29(19)14-8-6-13(7-9-14)27-20(30)16-4-2-3-5-17(16)23/h2-9,11-12,15H,10H2,1H3,(H,27,30). The van der Waals surface area contributed by atoms with E-state index in [-0.39, 0.29) is 17.4 Å². The lowest BCUT2D eigenvalue weighted by atomic mass is 10.1. The number of halogens is 4. The number of methoxy groups -OCH3 is 1. The molecule has 0 radical (unpaired) electrons. The lowest BCUT2D eigenvalue weighted by molar-refractivity contribution is -0.146. The lowest BCUT2D eigenvalue weighted by Crippen LogP contribution is -2.35. The van der Waals surface area contributed by atoms with Gasteiger partial charge in [-0.15, -0.1) is 0 Å². The van der Waals surface area contributed by atoms with Gasteiger partial charge < -0.3 is 10.1 Å². The van der Waals surface area contributed by atoms with Crippen molar-refractivity contribution in [3.05, 3.63) is 75.1 Å². The third-order valence-electron chi connectivity index (χ3n) is 4.89. The first-order chi connectivity index (χ1) is 14.8. The van der Waals surface area contributed by atoms with Crippen molar-refractivity contribution < 1.29 is 22.7 Å². The maximum absolute atomic E-state index is 13.7. The van der Waals surface area contributed by atoms with Crippen LogP contribution in [0.3, 0.4) is 0 Å². The summed E-state index contributed by atoms with van der Waals surface area (Å²) in [4.78, 5) is 16.3. The SMILES string of the molecule is COC1C=c2nc(C(F)(F)F)n(-c3ccc(NC(=O)c4ccccc4Br)cc3)c2=CC1. The predicted molar refractivity (Wildman–Crippen MR) is 114 cm³/mol. The number of nitrogens with one attached hydrogen (secondary N) is 1. The highest BCUT2D eigenvalue weighted by molar-refractivity contribution is 9.10. The van der Waals surface area contributed by atoms with Gasteiger partial charge in [0.15, 0.2) is 0 Å². The van der Waals surface area contributed by atoms with Crippen molar-refractivity contribution in [2.75, 3.05) is 12.4 Å². The lowest BCUT2D eigenvalue weighted by Gasteiger charge is -2.14. The number of carbonyl (C=O) groups is 1. The van der Waals surface area contributed by atoms with Crippen molar-refractivity contribution in [3.63, 3.8) is 0 Å². The van der Waals surface area contributed by atoms with Gasteiger partial charge >= 0.3 is 6.18 Å². The Hall–Kier alpha value is -2.91. The monoisotopic (exact) mass is 491 g/mol. The van der Waals surface area contributed by atoms with Crippen LogP contribution in [0.15, 0.2) is 53.0 Å². The summed E-state index contributed by atoms with van der Waals surface area (Å²) >= 11 is 3.33. The first kappa shape index (κ1) is 21.3. The summed E-state index contributed by atoms with van der Waals surface area (Å²) in [5.74, 6) is -1.34. The molecule has 3 aromatic rings. The minimum absolute atomic E-state index is 0.233. The fourth-order valence-electron chi connectivity index (χ4n) is 3.39. The molecule has 1 unspecified atom stereocenters. The number of benzene rings is 2. The van der Waals surface area contributed by atoms with Crippen LogP contribution in [0.1, 0.15) is 22.6 Å². The molecule has 1 aliphatic carbocycles. The molecule has 9 heteroatoms. The molecular weight excluding hydrogens is 475 g/mol. The van der Waals surface area contributed by atoms with Crippen molar-refractivity contribution >= 4 is 39.7 Å². The van der Waals surface area contributed by atoms with Crippen molar-refractivity contribution in [1.82, 2.24) is 9.55 Å². The quantitative estimate of drug-likeness (QED) is 0.602. The molecule has 1 aliphatic rings. The van der Waals surface area contributed by atoms with E-state index in [2.05, 4.69) is 26.2 Å². The number of nitrogens with zero attached hydrogens (tertiary/aromatic N) is 2. The Bertz CT molecular complexity index is 1250. The van der Waals surface area contributed by atoms with Gasteiger partial charge in [0.1, 0.15) is 0 Å². The third kappa shape index (κ3) is 4.28. The largest absolute Gasteiger partial charge is 0.450 e. The van der Waals surface area contributed by atoms with E-state index < -0.39 is 12.0 Å². The second-order valence-corrected chi connectivity index (χ2v) is 7.75. The Labute approximate surface area is 184 Å². The van der Waals surface area contributed by atoms with Gasteiger partial charge in [-0.3, -0.25) is 9.36 Å². The number of hydrogen-bond donors (Lipinski definition) is 1. The molecule has 1 aromatic heterocycles. The van der Waals surface area contributed by atoms with Gasteiger partial charge in [0, 0.05) is 23.0 Å². The van der Waals surface area contributed by atoms with E-state index in [1.165, 1.54) is 19.2 Å². The van der Waals surface area contributed by atoms with E-state index in [0.29, 0.717) is 33.2 Å². The minimum atomic E-state index is -4.63. The van der Waals surface area contributed by atoms with Crippen LogP contribution in [0.2, 0.25) is 0 Å². The fourth-order valence-corrected chi connectivity index (χ4v) is 3.86. The van der Waals surface area contributed by atoms with E-state index >= 15 is 0 Å². The summed E-state index contributed by atoms with van der Waals surface area (Å²) < 4.78 is 48.0. The van der Waals surface area contributed by atoms with Gasteiger partial charge in [0.2, 0.25) is 5.82 Å². The highest BCUT2D eigenvalue weighted by Gasteiger charge is 2.38. The zero-order valence-electron chi connectivity index (χ0n) is 16.3. The molecule has 0 saturated carbocycles.